The lowest BCUT2D eigenvalue weighted by Gasteiger charge is -2.25. The summed E-state index contributed by atoms with van der Waals surface area (Å²) in [6, 6.07) is -0.329. The highest BCUT2D eigenvalue weighted by atomic mass is 16.4. The molecule has 2 unspecified atom stereocenters. The van der Waals surface area contributed by atoms with Gasteiger partial charge in [0.1, 0.15) is 0 Å². The Morgan fingerprint density at radius 1 is 1.62 bits per heavy atom. The Kier molecular flexibility index (Phi) is 3.50. The fourth-order valence-electron chi connectivity index (χ4n) is 1.75. The zero-order valence-electron chi connectivity index (χ0n) is 7.39. The quantitative estimate of drug-likeness (QED) is 0.577. The van der Waals surface area contributed by atoms with E-state index in [0.29, 0.717) is 13.0 Å². The Labute approximate surface area is 76.6 Å². The molecule has 0 aliphatic carbocycles. The van der Waals surface area contributed by atoms with Crippen LogP contribution < -0.4 is 0 Å². The van der Waals surface area contributed by atoms with E-state index in [9.17, 15) is 9.90 Å². The van der Waals surface area contributed by atoms with Crippen LogP contribution in [0, 0.1) is 0 Å². The molecule has 3 N–H and O–H groups in total. The number of amides is 1. The molecule has 0 aromatic carbocycles. The molecule has 5 nitrogen and oxygen atoms in total. The number of aliphatic hydroxyl groups excluding tert-OH is 2. The summed E-state index contributed by atoms with van der Waals surface area (Å²) in [6.45, 7) is 0.383. The van der Waals surface area contributed by atoms with Gasteiger partial charge < -0.3 is 20.2 Å². The van der Waals surface area contributed by atoms with Gasteiger partial charge in [0.2, 0.25) is 0 Å². The van der Waals surface area contributed by atoms with Crippen LogP contribution in [-0.4, -0.2) is 51.6 Å². The van der Waals surface area contributed by atoms with E-state index in [1.807, 2.05) is 0 Å². The minimum atomic E-state index is -0.987. The number of rotatable bonds is 3. The first kappa shape index (κ1) is 10.3. The standard InChI is InChI=1S/C8H15NO4/c10-5-3-7(11)6-2-1-4-9(6)8(12)13/h6-7,10-11H,1-5H2,(H,12,13). The molecule has 76 valence electrons. The molecule has 1 amide bonds. The third-order valence-electron chi connectivity index (χ3n) is 2.41. The Bertz CT molecular complexity index is 185. The second-order valence-electron chi connectivity index (χ2n) is 3.27. The second-order valence-corrected chi connectivity index (χ2v) is 3.27. The predicted octanol–water partition coefficient (Wildman–Crippen LogP) is -0.128. The summed E-state index contributed by atoms with van der Waals surface area (Å²) in [5.74, 6) is 0. The lowest BCUT2D eigenvalue weighted by molar-refractivity contribution is 0.0515. The van der Waals surface area contributed by atoms with Gasteiger partial charge in [0.15, 0.2) is 0 Å². The van der Waals surface area contributed by atoms with Crippen LogP contribution in [0.25, 0.3) is 0 Å². The lowest BCUT2D eigenvalue weighted by Crippen LogP contribution is -2.42. The average Bonchev–Trinajstić information content (AvgIpc) is 2.52. The van der Waals surface area contributed by atoms with E-state index < -0.39 is 12.2 Å². The molecular weight excluding hydrogens is 174 g/mol. The van der Waals surface area contributed by atoms with E-state index in [0.717, 1.165) is 6.42 Å². The van der Waals surface area contributed by atoms with Gasteiger partial charge in [-0.05, 0) is 19.3 Å². The number of likely N-dealkylation sites (tertiary alicyclic amines) is 1. The van der Waals surface area contributed by atoms with Crippen molar-refractivity contribution in [2.75, 3.05) is 13.2 Å². The molecule has 0 radical (unpaired) electrons. The number of hydrogen-bond acceptors (Lipinski definition) is 3. The number of hydrogen-bond donors (Lipinski definition) is 3. The molecule has 1 aliphatic heterocycles. The largest absolute Gasteiger partial charge is 0.465 e. The molecule has 0 spiro atoms. The van der Waals surface area contributed by atoms with Gasteiger partial charge >= 0.3 is 6.09 Å². The van der Waals surface area contributed by atoms with Crippen LogP contribution in [0.1, 0.15) is 19.3 Å². The average molecular weight is 189 g/mol. The molecule has 0 aromatic rings. The van der Waals surface area contributed by atoms with Crippen molar-refractivity contribution in [1.82, 2.24) is 4.90 Å². The molecule has 2 atom stereocenters. The smallest absolute Gasteiger partial charge is 0.407 e. The summed E-state index contributed by atoms with van der Waals surface area (Å²) in [6.07, 6.45) is 0.00422. The molecule has 1 heterocycles. The van der Waals surface area contributed by atoms with Crippen LogP contribution in [0.5, 0.6) is 0 Å². The minimum Gasteiger partial charge on any atom is -0.465 e. The molecule has 0 saturated carbocycles. The predicted molar refractivity (Wildman–Crippen MR) is 45.5 cm³/mol. The summed E-state index contributed by atoms with van der Waals surface area (Å²) in [7, 11) is 0. The van der Waals surface area contributed by atoms with Crippen LogP contribution in [0.2, 0.25) is 0 Å². The van der Waals surface area contributed by atoms with Crippen LogP contribution in [-0.2, 0) is 0 Å². The topological polar surface area (TPSA) is 81.0 Å². The van der Waals surface area contributed by atoms with Crippen LogP contribution in [0.3, 0.4) is 0 Å². The van der Waals surface area contributed by atoms with Gasteiger partial charge in [-0.1, -0.05) is 0 Å². The van der Waals surface area contributed by atoms with Crippen molar-refractivity contribution in [2.45, 2.75) is 31.4 Å². The minimum absolute atomic E-state index is 0.106. The molecule has 1 rings (SSSR count). The summed E-state index contributed by atoms with van der Waals surface area (Å²) >= 11 is 0. The zero-order valence-corrected chi connectivity index (χ0v) is 7.39. The van der Waals surface area contributed by atoms with Gasteiger partial charge in [0.05, 0.1) is 12.1 Å². The lowest BCUT2D eigenvalue weighted by atomic mass is 10.1. The summed E-state index contributed by atoms with van der Waals surface area (Å²) in [5.41, 5.74) is 0. The maximum atomic E-state index is 10.7. The Morgan fingerprint density at radius 3 is 2.85 bits per heavy atom. The van der Waals surface area contributed by atoms with E-state index in [4.69, 9.17) is 10.2 Å². The van der Waals surface area contributed by atoms with Gasteiger partial charge in [-0.15, -0.1) is 0 Å². The van der Waals surface area contributed by atoms with Gasteiger partial charge in [-0.25, -0.2) is 4.79 Å². The van der Waals surface area contributed by atoms with E-state index in [-0.39, 0.29) is 19.1 Å². The van der Waals surface area contributed by atoms with Gasteiger partial charge in [0, 0.05) is 13.2 Å². The monoisotopic (exact) mass is 189 g/mol. The molecule has 1 fully saturated rings. The van der Waals surface area contributed by atoms with Crippen LogP contribution >= 0.6 is 0 Å². The summed E-state index contributed by atoms with van der Waals surface area (Å²) in [4.78, 5) is 11.9. The maximum Gasteiger partial charge on any atom is 0.407 e. The van der Waals surface area contributed by atoms with Gasteiger partial charge in [-0.2, -0.15) is 0 Å². The van der Waals surface area contributed by atoms with Crippen molar-refractivity contribution in [3.8, 4) is 0 Å². The Balaban J connectivity index is 2.52. The summed E-state index contributed by atoms with van der Waals surface area (Å²) < 4.78 is 0. The van der Waals surface area contributed by atoms with E-state index in [2.05, 4.69) is 0 Å². The molecule has 13 heavy (non-hydrogen) atoms. The number of carboxylic acid groups (broad SMARTS) is 1. The van der Waals surface area contributed by atoms with E-state index in [1.165, 1.54) is 4.90 Å². The van der Waals surface area contributed by atoms with Crippen molar-refractivity contribution in [3.63, 3.8) is 0 Å². The summed E-state index contributed by atoms with van der Waals surface area (Å²) in [5, 5.41) is 26.9. The van der Waals surface area contributed by atoms with Crippen LogP contribution in [0.15, 0.2) is 0 Å². The molecule has 1 saturated heterocycles. The van der Waals surface area contributed by atoms with Crippen LogP contribution in [0.4, 0.5) is 4.79 Å². The van der Waals surface area contributed by atoms with Crippen molar-refractivity contribution < 1.29 is 20.1 Å². The third-order valence-corrected chi connectivity index (χ3v) is 2.41. The zero-order chi connectivity index (χ0) is 9.84. The van der Waals surface area contributed by atoms with Crippen molar-refractivity contribution in [1.29, 1.82) is 0 Å². The highest BCUT2D eigenvalue weighted by Gasteiger charge is 2.33. The normalized spacial score (nSPS) is 24.8. The highest BCUT2D eigenvalue weighted by molar-refractivity contribution is 5.65. The second kappa shape index (κ2) is 4.43. The Morgan fingerprint density at radius 2 is 2.31 bits per heavy atom. The number of carbonyl (C=O) groups is 1. The number of aliphatic hydroxyl groups is 2. The van der Waals surface area contributed by atoms with Crippen molar-refractivity contribution in [2.24, 2.45) is 0 Å². The SMILES string of the molecule is O=C(O)N1CCCC1C(O)CCO. The Hall–Kier alpha value is -0.810. The first-order valence-electron chi connectivity index (χ1n) is 4.45. The van der Waals surface area contributed by atoms with E-state index >= 15 is 0 Å². The van der Waals surface area contributed by atoms with Crippen molar-refractivity contribution >= 4 is 6.09 Å². The van der Waals surface area contributed by atoms with Crippen molar-refractivity contribution in [3.05, 3.63) is 0 Å². The number of nitrogens with zero attached hydrogens (tertiary/aromatic N) is 1. The fraction of sp³-hybridized carbons (Fsp3) is 0.875. The first-order valence-corrected chi connectivity index (χ1v) is 4.45. The highest BCUT2D eigenvalue weighted by Crippen LogP contribution is 2.21. The third kappa shape index (κ3) is 2.32. The van der Waals surface area contributed by atoms with E-state index in [1.54, 1.807) is 0 Å². The molecule has 0 bridgehead atoms. The molecular formula is C8H15NO4. The van der Waals surface area contributed by atoms with Gasteiger partial charge in [-0.3, -0.25) is 0 Å². The fourth-order valence-corrected chi connectivity index (χ4v) is 1.75. The first-order chi connectivity index (χ1) is 6.16. The molecule has 1 aliphatic rings. The maximum absolute atomic E-state index is 10.7. The molecule has 5 heteroatoms. The van der Waals surface area contributed by atoms with Gasteiger partial charge in [0.25, 0.3) is 0 Å². The molecule has 0 aromatic heterocycles.